The van der Waals surface area contributed by atoms with Gasteiger partial charge in [0.25, 0.3) is 0 Å². The molecule has 10 nitrogen and oxygen atoms in total. The number of imidazole rings is 1. The van der Waals surface area contributed by atoms with Gasteiger partial charge >= 0.3 is 0 Å². The minimum Gasteiger partial charge on any atom is -0.480 e. The lowest BCUT2D eigenvalue weighted by atomic mass is 10.0. The molecule has 0 amide bonds. The van der Waals surface area contributed by atoms with Crippen molar-refractivity contribution >= 4 is 20.7 Å². The van der Waals surface area contributed by atoms with E-state index in [1.165, 1.54) is 43.8 Å². The summed E-state index contributed by atoms with van der Waals surface area (Å²) in [6, 6.07) is 9.37. The van der Waals surface area contributed by atoms with E-state index in [1.54, 1.807) is 18.5 Å². The van der Waals surface area contributed by atoms with Crippen LogP contribution in [0.1, 0.15) is 11.1 Å². The first-order valence-corrected chi connectivity index (χ1v) is 11.9. The standard InChI is InChI=1S/C23H16FN7O3S/c1-34-23-17(3-2-7-29-23)35(32,33)12-13-6-8-26-19(16(13)11-25)14-4-5-15-20(18(14)24)30-31-21(15)22-27-9-10-28-22/h2-10H,12H2,1H3,(H,27,28)(H,30,31). The van der Waals surface area contributed by atoms with E-state index >= 15 is 4.39 Å². The number of H-pyrrole nitrogens is 2. The topological polar surface area (TPSA) is 150 Å². The van der Waals surface area contributed by atoms with Crippen LogP contribution in [0.4, 0.5) is 4.39 Å². The fourth-order valence-corrected chi connectivity index (χ4v) is 5.31. The molecule has 1 aromatic carbocycles. The van der Waals surface area contributed by atoms with Gasteiger partial charge in [-0.05, 0) is 35.9 Å². The highest BCUT2D eigenvalue weighted by Crippen LogP contribution is 2.34. The van der Waals surface area contributed by atoms with E-state index in [4.69, 9.17) is 4.74 Å². The van der Waals surface area contributed by atoms with Gasteiger partial charge in [-0.15, -0.1) is 0 Å². The molecule has 5 aromatic rings. The van der Waals surface area contributed by atoms with Gasteiger partial charge in [0.05, 0.1) is 24.1 Å². The molecule has 0 aliphatic heterocycles. The zero-order valence-electron chi connectivity index (χ0n) is 18.2. The average Bonchev–Trinajstić information content (AvgIpc) is 3.54. The van der Waals surface area contributed by atoms with E-state index in [-0.39, 0.29) is 38.7 Å². The van der Waals surface area contributed by atoms with E-state index in [9.17, 15) is 13.7 Å². The maximum absolute atomic E-state index is 15.6. The van der Waals surface area contributed by atoms with Crippen molar-refractivity contribution < 1.29 is 17.5 Å². The Morgan fingerprint density at radius 2 is 1.97 bits per heavy atom. The number of benzene rings is 1. The number of pyridine rings is 2. The molecule has 0 aliphatic carbocycles. The van der Waals surface area contributed by atoms with E-state index in [2.05, 4.69) is 30.1 Å². The third-order valence-electron chi connectivity index (χ3n) is 5.41. The van der Waals surface area contributed by atoms with E-state index in [0.29, 0.717) is 16.9 Å². The molecule has 0 atom stereocenters. The number of aromatic amines is 2. The Hall–Kier alpha value is -4.63. The van der Waals surface area contributed by atoms with E-state index in [0.717, 1.165) is 0 Å². The molecule has 5 rings (SSSR count). The van der Waals surface area contributed by atoms with Gasteiger partial charge in [-0.1, -0.05) is 0 Å². The van der Waals surface area contributed by atoms with Gasteiger partial charge in [-0.25, -0.2) is 22.8 Å². The number of nitriles is 1. The Labute approximate surface area is 198 Å². The van der Waals surface area contributed by atoms with Gasteiger partial charge in [0.15, 0.2) is 21.5 Å². The summed E-state index contributed by atoms with van der Waals surface area (Å²) in [4.78, 5) is 15.1. The summed E-state index contributed by atoms with van der Waals surface area (Å²) in [7, 11) is -2.62. The number of rotatable bonds is 6. The number of nitrogens with one attached hydrogen (secondary N) is 2. The van der Waals surface area contributed by atoms with Gasteiger partial charge in [0.2, 0.25) is 5.88 Å². The van der Waals surface area contributed by atoms with Crippen molar-refractivity contribution in [1.29, 1.82) is 5.26 Å². The highest BCUT2D eigenvalue weighted by atomic mass is 32.2. The predicted molar refractivity (Wildman–Crippen MR) is 123 cm³/mol. The zero-order valence-corrected chi connectivity index (χ0v) is 19.0. The lowest BCUT2D eigenvalue weighted by Gasteiger charge is -2.12. The van der Waals surface area contributed by atoms with Gasteiger partial charge in [0, 0.05) is 35.7 Å². The maximum atomic E-state index is 15.6. The molecule has 35 heavy (non-hydrogen) atoms. The zero-order chi connectivity index (χ0) is 24.6. The highest BCUT2D eigenvalue weighted by Gasteiger charge is 2.25. The summed E-state index contributed by atoms with van der Waals surface area (Å²) in [5.41, 5.74) is 0.692. The van der Waals surface area contributed by atoms with Crippen molar-refractivity contribution in [2.45, 2.75) is 10.6 Å². The minimum absolute atomic E-state index is 0.0142. The summed E-state index contributed by atoms with van der Waals surface area (Å²) in [5.74, 6) is -0.784. The fourth-order valence-electron chi connectivity index (χ4n) is 3.81. The Balaban J connectivity index is 1.60. The molecule has 0 spiro atoms. The monoisotopic (exact) mass is 489 g/mol. The van der Waals surface area contributed by atoms with Crippen LogP contribution in [-0.4, -0.2) is 45.7 Å². The third-order valence-corrected chi connectivity index (χ3v) is 7.09. The Morgan fingerprint density at radius 1 is 1.11 bits per heavy atom. The molecule has 0 fully saturated rings. The number of nitrogens with zero attached hydrogens (tertiary/aromatic N) is 5. The van der Waals surface area contributed by atoms with Crippen LogP contribution in [0.5, 0.6) is 5.88 Å². The molecule has 4 heterocycles. The van der Waals surface area contributed by atoms with Gasteiger partial charge in [0.1, 0.15) is 22.2 Å². The Kier molecular flexibility index (Phi) is 5.46. The Bertz CT molecular complexity index is 1710. The first-order chi connectivity index (χ1) is 16.9. The fraction of sp³-hybridized carbons (Fsp3) is 0.0870. The SMILES string of the molecule is COc1ncccc1S(=O)(=O)Cc1ccnc(-c2ccc3c(-c4ncc[nH]4)[nH]nc3c2F)c1C#N. The van der Waals surface area contributed by atoms with Gasteiger partial charge in [-0.2, -0.15) is 10.4 Å². The van der Waals surface area contributed by atoms with Crippen LogP contribution in [0.15, 0.2) is 60.0 Å². The number of fused-ring (bicyclic) bond motifs is 1. The van der Waals surface area contributed by atoms with Crippen LogP contribution >= 0.6 is 0 Å². The number of methoxy groups -OCH3 is 1. The number of aromatic nitrogens is 6. The van der Waals surface area contributed by atoms with Crippen molar-refractivity contribution in [2.75, 3.05) is 7.11 Å². The summed E-state index contributed by atoms with van der Waals surface area (Å²) in [5, 5.41) is 17.2. The van der Waals surface area contributed by atoms with Crippen LogP contribution in [0.25, 0.3) is 33.7 Å². The van der Waals surface area contributed by atoms with Crippen LogP contribution in [0.3, 0.4) is 0 Å². The van der Waals surface area contributed by atoms with Crippen molar-refractivity contribution in [2.24, 2.45) is 0 Å². The molecule has 0 saturated carbocycles. The molecular formula is C23H16FN7O3S. The third kappa shape index (κ3) is 3.77. The number of hydrogen-bond acceptors (Lipinski definition) is 8. The quantitative estimate of drug-likeness (QED) is 0.368. The number of sulfone groups is 1. The predicted octanol–water partition coefficient (Wildman–Crippen LogP) is 3.40. The second kappa shape index (κ2) is 8.62. The first-order valence-electron chi connectivity index (χ1n) is 10.2. The second-order valence-electron chi connectivity index (χ2n) is 7.44. The number of hydrogen-bond donors (Lipinski definition) is 2. The second-order valence-corrected chi connectivity index (χ2v) is 9.39. The van der Waals surface area contributed by atoms with Crippen LogP contribution in [0.2, 0.25) is 0 Å². The van der Waals surface area contributed by atoms with E-state index < -0.39 is 21.4 Å². The lowest BCUT2D eigenvalue weighted by Crippen LogP contribution is -2.10. The molecule has 0 saturated heterocycles. The van der Waals surface area contributed by atoms with Crippen LogP contribution in [-0.2, 0) is 15.6 Å². The van der Waals surface area contributed by atoms with Crippen LogP contribution in [0, 0.1) is 17.1 Å². The first kappa shape index (κ1) is 22.2. The lowest BCUT2D eigenvalue weighted by molar-refractivity contribution is 0.385. The minimum atomic E-state index is -3.94. The average molecular weight is 489 g/mol. The molecule has 12 heteroatoms. The van der Waals surface area contributed by atoms with Gasteiger partial charge in [-0.3, -0.25) is 10.1 Å². The highest BCUT2D eigenvalue weighted by molar-refractivity contribution is 7.90. The summed E-state index contributed by atoms with van der Waals surface area (Å²) < 4.78 is 46.8. The molecule has 0 radical (unpaired) electrons. The number of ether oxygens (including phenoxy) is 1. The molecule has 174 valence electrons. The van der Waals surface area contributed by atoms with Gasteiger partial charge < -0.3 is 9.72 Å². The Morgan fingerprint density at radius 3 is 2.71 bits per heavy atom. The van der Waals surface area contributed by atoms with Crippen molar-refractivity contribution in [3.63, 3.8) is 0 Å². The maximum Gasteiger partial charge on any atom is 0.232 e. The summed E-state index contributed by atoms with van der Waals surface area (Å²) >= 11 is 0. The van der Waals surface area contributed by atoms with E-state index in [1.807, 2.05) is 6.07 Å². The molecule has 4 aromatic heterocycles. The molecule has 0 unspecified atom stereocenters. The van der Waals surface area contributed by atoms with Crippen LogP contribution < -0.4 is 4.74 Å². The summed E-state index contributed by atoms with van der Waals surface area (Å²) in [6.07, 6.45) is 5.95. The molecule has 2 N–H and O–H groups in total. The largest absolute Gasteiger partial charge is 0.480 e. The summed E-state index contributed by atoms with van der Waals surface area (Å²) in [6.45, 7) is 0. The van der Waals surface area contributed by atoms with Crippen molar-refractivity contribution in [3.8, 4) is 34.7 Å². The smallest absolute Gasteiger partial charge is 0.232 e. The molecule has 0 bridgehead atoms. The van der Waals surface area contributed by atoms with Crippen molar-refractivity contribution in [1.82, 2.24) is 30.1 Å². The molecule has 0 aliphatic rings. The normalized spacial score (nSPS) is 11.5. The number of halogens is 1. The van der Waals surface area contributed by atoms with Crippen molar-refractivity contribution in [3.05, 3.63) is 72.1 Å². The molecular weight excluding hydrogens is 473 g/mol.